The molecule has 0 aromatic heterocycles. The fourth-order valence-corrected chi connectivity index (χ4v) is 3.04. The summed E-state index contributed by atoms with van der Waals surface area (Å²) in [7, 11) is 0. The SMILES string of the molecule is CC(C)(C)/C=C\C(C)(C)C.CC(C)(C)CCC(C)(C)C.CC(C)(C)c1ccccc1C(C)(C)C. The molecule has 0 N–H and O–H groups in total. The molecule has 0 atom stereocenters. The summed E-state index contributed by atoms with van der Waals surface area (Å²) >= 11 is 0. The smallest absolute Gasteiger partial charge is 0.0129 e. The number of rotatable bonds is 1. The standard InChI is InChI=1S/C14H22.C10H22.C10H20/c1-13(2,3)11-9-7-8-10-12(11)14(4,5)6;2*1-9(2,3)7-8-10(4,5)6/h7-10H,1-6H3;7-8H2,1-6H3;7-8H,1-6H3/b;;8-7-. The minimum Gasteiger partial charge on any atom is -0.0826 e. The lowest BCUT2D eigenvalue weighted by molar-refractivity contribution is 0.275. The number of allylic oxidation sites excluding steroid dienone is 2. The molecule has 0 radical (unpaired) electrons. The summed E-state index contributed by atoms with van der Waals surface area (Å²) in [4.78, 5) is 0. The van der Waals surface area contributed by atoms with Crippen LogP contribution in [0.1, 0.15) is 149 Å². The Balaban J connectivity index is 0. The van der Waals surface area contributed by atoms with Crippen molar-refractivity contribution in [1.29, 1.82) is 0 Å². The average molecular weight is 473 g/mol. The molecule has 0 unspecified atom stereocenters. The van der Waals surface area contributed by atoms with Crippen LogP contribution in [0.25, 0.3) is 0 Å². The predicted molar refractivity (Wildman–Crippen MR) is 160 cm³/mol. The van der Waals surface area contributed by atoms with E-state index in [0.29, 0.717) is 21.7 Å². The third-order valence-corrected chi connectivity index (χ3v) is 5.25. The number of hydrogen-bond donors (Lipinski definition) is 0. The van der Waals surface area contributed by atoms with Crippen LogP contribution in [0.5, 0.6) is 0 Å². The third-order valence-electron chi connectivity index (χ3n) is 5.25. The van der Waals surface area contributed by atoms with E-state index in [-0.39, 0.29) is 10.8 Å². The minimum atomic E-state index is 0.240. The van der Waals surface area contributed by atoms with E-state index >= 15 is 0 Å². The van der Waals surface area contributed by atoms with Crippen LogP contribution in [0, 0.1) is 21.7 Å². The first-order chi connectivity index (χ1) is 14.6. The van der Waals surface area contributed by atoms with Crippen molar-refractivity contribution >= 4 is 0 Å². The van der Waals surface area contributed by atoms with Crippen LogP contribution in [-0.2, 0) is 10.8 Å². The molecule has 1 aromatic rings. The Labute approximate surface area is 217 Å². The highest BCUT2D eigenvalue weighted by Gasteiger charge is 2.24. The number of benzene rings is 1. The zero-order chi connectivity index (χ0) is 27.8. The van der Waals surface area contributed by atoms with Crippen molar-refractivity contribution in [2.45, 2.75) is 148 Å². The van der Waals surface area contributed by atoms with Crippen LogP contribution < -0.4 is 0 Å². The van der Waals surface area contributed by atoms with Crippen molar-refractivity contribution in [3.63, 3.8) is 0 Å². The molecule has 0 heteroatoms. The monoisotopic (exact) mass is 473 g/mol. The number of hydrogen-bond acceptors (Lipinski definition) is 0. The van der Waals surface area contributed by atoms with E-state index < -0.39 is 0 Å². The van der Waals surface area contributed by atoms with E-state index in [1.165, 1.54) is 24.0 Å². The van der Waals surface area contributed by atoms with E-state index in [1.54, 1.807) is 0 Å². The normalized spacial score (nSPS) is 13.7. The molecule has 1 aromatic carbocycles. The summed E-state index contributed by atoms with van der Waals surface area (Å²) in [6.07, 6.45) is 7.20. The van der Waals surface area contributed by atoms with Crippen molar-refractivity contribution in [2.24, 2.45) is 21.7 Å². The van der Waals surface area contributed by atoms with Gasteiger partial charge in [0.2, 0.25) is 0 Å². The van der Waals surface area contributed by atoms with Crippen LogP contribution in [-0.4, -0.2) is 0 Å². The zero-order valence-electron chi connectivity index (χ0n) is 26.9. The second kappa shape index (κ2) is 12.8. The first-order valence-corrected chi connectivity index (χ1v) is 13.4. The molecule has 0 saturated heterocycles. The van der Waals surface area contributed by atoms with Gasteiger partial charge in [-0.1, -0.05) is 161 Å². The molecule has 0 aliphatic heterocycles. The molecule has 0 nitrogen and oxygen atoms in total. The summed E-state index contributed by atoms with van der Waals surface area (Å²) in [5, 5.41) is 0. The lowest BCUT2D eigenvalue weighted by atomic mass is 9.75. The highest BCUT2D eigenvalue weighted by atomic mass is 14.3. The van der Waals surface area contributed by atoms with Crippen molar-refractivity contribution in [3.05, 3.63) is 47.5 Å². The Morgan fingerprint density at radius 2 is 0.676 bits per heavy atom. The third kappa shape index (κ3) is 21.5. The van der Waals surface area contributed by atoms with Gasteiger partial charge in [-0.05, 0) is 56.5 Å². The summed E-state index contributed by atoms with van der Waals surface area (Å²) in [6.45, 7) is 40.8. The summed E-state index contributed by atoms with van der Waals surface area (Å²) in [5.41, 5.74) is 5.08. The Kier molecular flexibility index (Phi) is 13.2. The van der Waals surface area contributed by atoms with E-state index in [0.717, 1.165) is 0 Å². The molecule has 0 heterocycles. The molecule has 0 fully saturated rings. The van der Waals surface area contributed by atoms with Gasteiger partial charge >= 0.3 is 0 Å². The average Bonchev–Trinajstić information content (AvgIpc) is 2.56. The maximum atomic E-state index is 2.30. The van der Waals surface area contributed by atoms with E-state index in [2.05, 4.69) is 161 Å². The van der Waals surface area contributed by atoms with Crippen LogP contribution in [0.2, 0.25) is 0 Å². The van der Waals surface area contributed by atoms with Gasteiger partial charge in [-0.3, -0.25) is 0 Å². The molecule has 200 valence electrons. The highest BCUT2D eigenvalue weighted by molar-refractivity contribution is 5.37. The molecule has 34 heavy (non-hydrogen) atoms. The van der Waals surface area contributed by atoms with E-state index in [4.69, 9.17) is 0 Å². The first-order valence-electron chi connectivity index (χ1n) is 13.4. The van der Waals surface area contributed by atoms with Crippen molar-refractivity contribution in [1.82, 2.24) is 0 Å². The second-order valence-corrected chi connectivity index (χ2v) is 16.7. The van der Waals surface area contributed by atoms with Crippen molar-refractivity contribution in [3.8, 4) is 0 Å². The van der Waals surface area contributed by atoms with Gasteiger partial charge in [-0.2, -0.15) is 0 Å². The van der Waals surface area contributed by atoms with Crippen LogP contribution in [0.3, 0.4) is 0 Å². The topological polar surface area (TPSA) is 0 Å². The van der Waals surface area contributed by atoms with Gasteiger partial charge in [0.05, 0.1) is 0 Å². The molecular weight excluding hydrogens is 408 g/mol. The van der Waals surface area contributed by atoms with Gasteiger partial charge in [0.15, 0.2) is 0 Å². The lowest BCUT2D eigenvalue weighted by Crippen LogP contribution is -2.21. The fraction of sp³-hybridized carbons (Fsp3) is 0.765. The van der Waals surface area contributed by atoms with Crippen molar-refractivity contribution in [2.75, 3.05) is 0 Å². The fourth-order valence-electron chi connectivity index (χ4n) is 3.04. The predicted octanol–water partition coefficient (Wildman–Crippen LogP) is 11.8. The van der Waals surface area contributed by atoms with Crippen LogP contribution in [0.4, 0.5) is 0 Å². The molecule has 0 amide bonds. The largest absolute Gasteiger partial charge is 0.0826 e. The first kappa shape index (κ1) is 35.1. The minimum absolute atomic E-state index is 0.240. The molecule has 0 spiro atoms. The van der Waals surface area contributed by atoms with E-state index in [9.17, 15) is 0 Å². The maximum Gasteiger partial charge on any atom is -0.0129 e. The maximum absolute atomic E-state index is 2.30. The molecule has 0 saturated carbocycles. The lowest BCUT2D eigenvalue weighted by Gasteiger charge is -2.29. The molecule has 0 bridgehead atoms. The van der Waals surface area contributed by atoms with Gasteiger partial charge in [0.25, 0.3) is 0 Å². The Bertz CT molecular complexity index is 639. The molecular formula is C34H64. The zero-order valence-corrected chi connectivity index (χ0v) is 26.9. The van der Waals surface area contributed by atoms with Gasteiger partial charge in [-0.15, -0.1) is 0 Å². The molecule has 1 rings (SSSR count). The Hall–Kier alpha value is -1.04. The van der Waals surface area contributed by atoms with Gasteiger partial charge < -0.3 is 0 Å². The van der Waals surface area contributed by atoms with Gasteiger partial charge in [-0.25, -0.2) is 0 Å². The van der Waals surface area contributed by atoms with Gasteiger partial charge in [0.1, 0.15) is 0 Å². The van der Waals surface area contributed by atoms with Crippen LogP contribution in [0.15, 0.2) is 36.4 Å². The highest BCUT2D eigenvalue weighted by Crippen LogP contribution is 2.33. The Morgan fingerprint density at radius 1 is 0.441 bits per heavy atom. The summed E-state index contributed by atoms with van der Waals surface area (Å²) < 4.78 is 0. The summed E-state index contributed by atoms with van der Waals surface area (Å²) in [6, 6.07) is 8.77. The van der Waals surface area contributed by atoms with Crippen LogP contribution >= 0.6 is 0 Å². The molecule has 0 aliphatic carbocycles. The van der Waals surface area contributed by atoms with Gasteiger partial charge in [0, 0.05) is 0 Å². The molecule has 0 aliphatic rings. The summed E-state index contributed by atoms with van der Waals surface area (Å²) in [5.74, 6) is 0. The van der Waals surface area contributed by atoms with Crippen molar-refractivity contribution < 1.29 is 0 Å². The quantitative estimate of drug-likeness (QED) is 0.356. The van der Waals surface area contributed by atoms with E-state index in [1.807, 2.05) is 0 Å². The Morgan fingerprint density at radius 3 is 0.824 bits per heavy atom. The second-order valence-electron chi connectivity index (χ2n) is 16.7.